The highest BCUT2D eigenvalue weighted by molar-refractivity contribution is 5.85. The van der Waals surface area contributed by atoms with E-state index in [2.05, 4.69) is 27.7 Å². The van der Waals surface area contributed by atoms with Crippen molar-refractivity contribution in [1.82, 2.24) is 0 Å². The zero-order valence-electron chi connectivity index (χ0n) is 11.9. The summed E-state index contributed by atoms with van der Waals surface area (Å²) in [7, 11) is 0. The maximum atomic E-state index is 12.2. The molecule has 0 aromatic heterocycles. The van der Waals surface area contributed by atoms with Gasteiger partial charge in [-0.1, -0.05) is 27.7 Å². The van der Waals surface area contributed by atoms with Gasteiger partial charge in [-0.25, -0.2) is 0 Å². The summed E-state index contributed by atoms with van der Waals surface area (Å²) in [5.41, 5.74) is 0.107. The number of hydrogen-bond acceptors (Lipinski definition) is 3. The summed E-state index contributed by atoms with van der Waals surface area (Å²) in [5.74, 6) is 0.448. The molecule has 0 aromatic carbocycles. The molecule has 3 rings (SSSR count). The number of ether oxygens (including phenoxy) is 2. The molecule has 1 spiro atoms. The van der Waals surface area contributed by atoms with Crippen LogP contribution in [0.1, 0.15) is 47.0 Å². The van der Waals surface area contributed by atoms with Gasteiger partial charge >= 0.3 is 0 Å². The van der Waals surface area contributed by atoms with Crippen LogP contribution in [0.4, 0.5) is 0 Å². The molecular formula is C15H24O3. The fourth-order valence-electron chi connectivity index (χ4n) is 4.72. The predicted molar refractivity (Wildman–Crippen MR) is 68.0 cm³/mol. The molecule has 1 saturated heterocycles. The number of carbonyl (C=O) groups excluding carboxylic acids is 1. The molecule has 1 aliphatic heterocycles. The fourth-order valence-corrected chi connectivity index (χ4v) is 4.72. The first kappa shape index (κ1) is 12.6. The molecule has 0 amide bonds. The van der Waals surface area contributed by atoms with Gasteiger partial charge in [0.2, 0.25) is 0 Å². The van der Waals surface area contributed by atoms with Gasteiger partial charge in [-0.15, -0.1) is 0 Å². The number of rotatable bonds is 0. The van der Waals surface area contributed by atoms with Crippen molar-refractivity contribution in [1.29, 1.82) is 0 Å². The highest BCUT2D eigenvalue weighted by atomic mass is 16.7. The molecule has 3 fully saturated rings. The van der Waals surface area contributed by atoms with E-state index in [1.807, 2.05) is 0 Å². The van der Waals surface area contributed by atoms with Crippen LogP contribution < -0.4 is 0 Å². The maximum Gasteiger partial charge on any atom is 0.171 e. The second-order valence-corrected chi connectivity index (χ2v) is 6.93. The summed E-state index contributed by atoms with van der Waals surface area (Å²) in [6.45, 7) is 10.3. The Balaban J connectivity index is 2.02. The molecule has 1 heterocycles. The van der Waals surface area contributed by atoms with Crippen LogP contribution in [0.25, 0.3) is 0 Å². The van der Waals surface area contributed by atoms with Crippen molar-refractivity contribution < 1.29 is 14.3 Å². The van der Waals surface area contributed by atoms with E-state index >= 15 is 0 Å². The Morgan fingerprint density at radius 2 is 1.67 bits per heavy atom. The Kier molecular flexibility index (Phi) is 2.50. The van der Waals surface area contributed by atoms with Crippen LogP contribution in [-0.2, 0) is 14.3 Å². The molecule has 0 N–H and O–H groups in total. The van der Waals surface area contributed by atoms with Gasteiger partial charge in [0.1, 0.15) is 5.78 Å². The molecule has 102 valence electrons. The molecule has 0 aromatic rings. The Morgan fingerprint density at radius 1 is 1.06 bits per heavy atom. The van der Waals surface area contributed by atoms with E-state index in [1.165, 1.54) is 0 Å². The first-order valence-corrected chi connectivity index (χ1v) is 7.16. The molecule has 18 heavy (non-hydrogen) atoms. The van der Waals surface area contributed by atoms with Crippen molar-refractivity contribution in [3.63, 3.8) is 0 Å². The zero-order valence-corrected chi connectivity index (χ0v) is 11.9. The Labute approximate surface area is 109 Å². The molecule has 0 bridgehead atoms. The monoisotopic (exact) mass is 252 g/mol. The zero-order chi connectivity index (χ0) is 13.2. The van der Waals surface area contributed by atoms with Crippen molar-refractivity contribution in [2.45, 2.75) is 52.7 Å². The highest BCUT2D eigenvalue weighted by Crippen LogP contribution is 2.67. The van der Waals surface area contributed by atoms with E-state index in [0.717, 1.165) is 12.8 Å². The third-order valence-electron chi connectivity index (χ3n) is 6.67. The molecule has 3 heteroatoms. The molecule has 3 nitrogen and oxygen atoms in total. The van der Waals surface area contributed by atoms with Crippen LogP contribution >= 0.6 is 0 Å². The second-order valence-electron chi connectivity index (χ2n) is 6.93. The largest absolute Gasteiger partial charge is 0.347 e. The van der Waals surface area contributed by atoms with E-state index < -0.39 is 5.79 Å². The first-order valence-electron chi connectivity index (χ1n) is 7.16. The van der Waals surface area contributed by atoms with Crippen LogP contribution in [0.15, 0.2) is 0 Å². The van der Waals surface area contributed by atoms with E-state index in [0.29, 0.717) is 25.4 Å². The van der Waals surface area contributed by atoms with Gasteiger partial charge in [-0.3, -0.25) is 4.79 Å². The first-order chi connectivity index (χ1) is 8.36. The second kappa shape index (κ2) is 3.57. The quantitative estimate of drug-likeness (QED) is 0.665. The average Bonchev–Trinajstić information content (AvgIpc) is 2.87. The van der Waals surface area contributed by atoms with Crippen LogP contribution in [0, 0.1) is 22.7 Å². The number of Topliss-reactive ketones (excluding diaryl/α,β-unsaturated/α-hetero) is 1. The van der Waals surface area contributed by atoms with Gasteiger partial charge in [-0.05, 0) is 17.3 Å². The van der Waals surface area contributed by atoms with Crippen LogP contribution in [0.5, 0.6) is 0 Å². The SMILES string of the molecule is CC1C2(CC[C@@]3(C)[C@H](C)C(=O)C[C@@]13C)OCCO2. The van der Waals surface area contributed by atoms with Crippen molar-refractivity contribution >= 4 is 5.78 Å². The summed E-state index contributed by atoms with van der Waals surface area (Å²) in [6.07, 6.45) is 2.64. The minimum atomic E-state index is -0.418. The maximum absolute atomic E-state index is 12.2. The van der Waals surface area contributed by atoms with Gasteiger partial charge in [0, 0.05) is 24.7 Å². The van der Waals surface area contributed by atoms with Gasteiger partial charge < -0.3 is 9.47 Å². The summed E-state index contributed by atoms with van der Waals surface area (Å²) in [5, 5.41) is 0. The lowest BCUT2D eigenvalue weighted by molar-refractivity contribution is -0.263. The number of fused-ring (bicyclic) bond motifs is 1. The highest BCUT2D eigenvalue weighted by Gasteiger charge is 2.67. The number of carbonyl (C=O) groups is 1. The summed E-state index contributed by atoms with van der Waals surface area (Å²) in [6, 6.07) is 0. The number of hydrogen-bond donors (Lipinski definition) is 0. The lowest BCUT2D eigenvalue weighted by atomic mass is 9.51. The molecular weight excluding hydrogens is 228 g/mol. The van der Waals surface area contributed by atoms with Crippen LogP contribution in [0.2, 0.25) is 0 Å². The van der Waals surface area contributed by atoms with Gasteiger partial charge in [0.25, 0.3) is 0 Å². The standard InChI is InChI=1S/C15H24O3/c1-10-12(16)9-14(4)11(2)15(17-7-8-18-15)6-5-13(10,14)3/h10-11H,5-9H2,1-4H3/t10-,11?,13+,14+/m1/s1. The molecule has 1 unspecified atom stereocenters. The lowest BCUT2D eigenvalue weighted by Crippen LogP contribution is -2.56. The third-order valence-corrected chi connectivity index (χ3v) is 6.67. The molecule has 3 aliphatic rings. The predicted octanol–water partition coefficient (Wildman–Crippen LogP) is 2.78. The van der Waals surface area contributed by atoms with Crippen LogP contribution in [-0.4, -0.2) is 24.8 Å². The van der Waals surface area contributed by atoms with Gasteiger partial charge in [-0.2, -0.15) is 0 Å². The van der Waals surface area contributed by atoms with E-state index in [-0.39, 0.29) is 22.7 Å². The molecule has 2 saturated carbocycles. The van der Waals surface area contributed by atoms with E-state index in [4.69, 9.17) is 9.47 Å². The van der Waals surface area contributed by atoms with Crippen molar-refractivity contribution in [2.75, 3.05) is 13.2 Å². The van der Waals surface area contributed by atoms with E-state index in [1.54, 1.807) is 0 Å². The smallest absolute Gasteiger partial charge is 0.171 e. The molecule has 4 atom stereocenters. The summed E-state index contributed by atoms with van der Waals surface area (Å²) >= 11 is 0. The fraction of sp³-hybridized carbons (Fsp3) is 0.933. The average molecular weight is 252 g/mol. The minimum absolute atomic E-state index is 0.00604. The normalized spacial score (nSPS) is 50.8. The van der Waals surface area contributed by atoms with Crippen molar-refractivity contribution in [3.8, 4) is 0 Å². The van der Waals surface area contributed by atoms with Gasteiger partial charge in [0.15, 0.2) is 5.79 Å². The van der Waals surface area contributed by atoms with Crippen LogP contribution in [0.3, 0.4) is 0 Å². The van der Waals surface area contributed by atoms with Crippen molar-refractivity contribution in [3.05, 3.63) is 0 Å². The topological polar surface area (TPSA) is 35.5 Å². The Morgan fingerprint density at radius 3 is 2.28 bits per heavy atom. The molecule has 2 aliphatic carbocycles. The lowest BCUT2D eigenvalue weighted by Gasteiger charge is -2.56. The van der Waals surface area contributed by atoms with E-state index in [9.17, 15) is 4.79 Å². The number of ketones is 1. The summed E-state index contributed by atoms with van der Waals surface area (Å²) < 4.78 is 11.9. The summed E-state index contributed by atoms with van der Waals surface area (Å²) in [4.78, 5) is 12.2. The Bertz CT molecular complexity index is 385. The van der Waals surface area contributed by atoms with Gasteiger partial charge in [0.05, 0.1) is 13.2 Å². The molecule has 0 radical (unpaired) electrons. The third kappa shape index (κ3) is 1.25. The minimum Gasteiger partial charge on any atom is -0.347 e. The Hall–Kier alpha value is -0.410. The van der Waals surface area contributed by atoms with Crippen molar-refractivity contribution in [2.24, 2.45) is 22.7 Å².